The topological polar surface area (TPSA) is 113 Å². The minimum Gasteiger partial charge on any atom is -0.378 e. The van der Waals surface area contributed by atoms with E-state index in [1.807, 2.05) is 12.1 Å². The molecule has 0 spiro atoms. The normalized spacial score (nSPS) is 14.2. The van der Waals surface area contributed by atoms with Crippen molar-refractivity contribution in [2.45, 2.75) is 6.54 Å². The second kappa shape index (κ2) is 7.65. The molecule has 9 nitrogen and oxygen atoms in total. The second-order valence-corrected chi connectivity index (χ2v) is 6.49. The summed E-state index contributed by atoms with van der Waals surface area (Å²) in [4.78, 5) is 31.8. The van der Waals surface area contributed by atoms with Gasteiger partial charge >= 0.3 is 0 Å². The average Bonchev–Trinajstić information content (AvgIpc) is 2.73. The number of hydrogen-bond acceptors (Lipinski definition) is 7. The van der Waals surface area contributed by atoms with Gasteiger partial charge in [0.15, 0.2) is 0 Å². The fourth-order valence-electron chi connectivity index (χ4n) is 3.16. The van der Waals surface area contributed by atoms with E-state index >= 15 is 0 Å². The van der Waals surface area contributed by atoms with Crippen LogP contribution in [0.4, 0.5) is 17.3 Å². The smallest absolute Gasteiger partial charge is 0.270 e. The molecule has 2 aromatic carbocycles. The molecule has 0 radical (unpaired) electrons. The summed E-state index contributed by atoms with van der Waals surface area (Å²) >= 11 is 0. The van der Waals surface area contributed by atoms with E-state index in [9.17, 15) is 14.9 Å². The van der Waals surface area contributed by atoms with Crippen molar-refractivity contribution in [2.24, 2.45) is 0 Å². The van der Waals surface area contributed by atoms with E-state index in [4.69, 9.17) is 4.74 Å². The number of non-ortho nitro benzene ring substituents is 1. The molecule has 4 rings (SSSR count). The summed E-state index contributed by atoms with van der Waals surface area (Å²) in [7, 11) is 0. The van der Waals surface area contributed by atoms with Crippen LogP contribution >= 0.6 is 0 Å². The van der Waals surface area contributed by atoms with E-state index in [0.717, 1.165) is 37.6 Å². The Kier molecular flexibility index (Phi) is 4.90. The number of aromatic nitrogens is 2. The summed E-state index contributed by atoms with van der Waals surface area (Å²) in [6.45, 7) is 3.75. The molecule has 1 fully saturated rings. The number of rotatable bonds is 5. The van der Waals surface area contributed by atoms with Crippen LogP contribution in [-0.2, 0) is 11.3 Å². The van der Waals surface area contributed by atoms with Crippen molar-refractivity contribution in [2.75, 3.05) is 36.5 Å². The number of H-pyrrole nitrogens is 1. The largest absolute Gasteiger partial charge is 0.378 e. The number of nitrogens with one attached hydrogen (secondary N) is 2. The third kappa shape index (κ3) is 3.79. The molecule has 1 saturated heterocycles. The Morgan fingerprint density at radius 3 is 2.64 bits per heavy atom. The molecule has 0 bridgehead atoms. The van der Waals surface area contributed by atoms with Crippen LogP contribution in [0.5, 0.6) is 0 Å². The third-order valence-corrected chi connectivity index (χ3v) is 4.67. The molecular formula is C19H19N5O4. The predicted molar refractivity (Wildman–Crippen MR) is 106 cm³/mol. The zero-order valence-electron chi connectivity index (χ0n) is 15.1. The lowest BCUT2D eigenvalue weighted by atomic mass is 10.2. The summed E-state index contributed by atoms with van der Waals surface area (Å²) in [5.74, 6) is 0.323. The molecule has 1 aliphatic rings. The Morgan fingerprint density at radius 2 is 1.93 bits per heavy atom. The molecule has 0 unspecified atom stereocenters. The van der Waals surface area contributed by atoms with Crippen LogP contribution < -0.4 is 15.8 Å². The molecule has 0 amide bonds. The molecule has 0 saturated carbocycles. The van der Waals surface area contributed by atoms with Crippen LogP contribution in [0.2, 0.25) is 0 Å². The number of benzene rings is 2. The van der Waals surface area contributed by atoms with Crippen molar-refractivity contribution in [1.82, 2.24) is 9.97 Å². The Morgan fingerprint density at radius 1 is 1.18 bits per heavy atom. The molecule has 1 aromatic heterocycles. The van der Waals surface area contributed by atoms with Gasteiger partial charge in [-0.2, -0.15) is 0 Å². The van der Waals surface area contributed by atoms with Gasteiger partial charge in [-0.1, -0.05) is 12.1 Å². The van der Waals surface area contributed by atoms with E-state index in [2.05, 4.69) is 32.3 Å². The maximum Gasteiger partial charge on any atom is 0.270 e. The number of ether oxygens (including phenoxy) is 1. The number of nitro groups is 1. The monoisotopic (exact) mass is 381 g/mol. The van der Waals surface area contributed by atoms with Gasteiger partial charge in [0.25, 0.3) is 11.2 Å². The van der Waals surface area contributed by atoms with Gasteiger partial charge in [0, 0.05) is 37.5 Å². The number of hydrogen-bond donors (Lipinski definition) is 2. The third-order valence-electron chi connectivity index (χ3n) is 4.67. The molecule has 0 atom stereocenters. The molecule has 1 aliphatic heterocycles. The lowest BCUT2D eigenvalue weighted by Crippen LogP contribution is -2.36. The zero-order chi connectivity index (χ0) is 19.5. The van der Waals surface area contributed by atoms with Crippen LogP contribution in [0.3, 0.4) is 0 Å². The van der Waals surface area contributed by atoms with Crippen molar-refractivity contribution < 1.29 is 9.66 Å². The summed E-state index contributed by atoms with van der Waals surface area (Å²) in [5, 5.41) is 14.1. The minimum absolute atomic E-state index is 0.138. The Balaban J connectivity index is 1.47. The highest BCUT2D eigenvalue weighted by molar-refractivity contribution is 5.80. The van der Waals surface area contributed by atoms with Crippen molar-refractivity contribution in [3.05, 3.63) is 68.5 Å². The number of fused-ring (bicyclic) bond motifs is 1. The van der Waals surface area contributed by atoms with Crippen molar-refractivity contribution >= 4 is 28.2 Å². The van der Waals surface area contributed by atoms with Crippen LogP contribution in [0, 0.1) is 10.1 Å². The van der Waals surface area contributed by atoms with E-state index in [1.165, 1.54) is 18.2 Å². The molecule has 9 heteroatoms. The molecule has 2 heterocycles. The summed E-state index contributed by atoms with van der Waals surface area (Å²) in [5.41, 5.74) is 2.05. The maximum absolute atomic E-state index is 12.2. The fourth-order valence-corrected chi connectivity index (χ4v) is 3.16. The van der Waals surface area contributed by atoms with E-state index < -0.39 is 10.5 Å². The highest BCUT2D eigenvalue weighted by Gasteiger charge is 2.12. The second-order valence-electron chi connectivity index (χ2n) is 6.49. The average molecular weight is 381 g/mol. The number of anilines is 2. The van der Waals surface area contributed by atoms with E-state index in [1.54, 1.807) is 0 Å². The molecular weight excluding hydrogens is 362 g/mol. The van der Waals surface area contributed by atoms with Crippen LogP contribution in [0.15, 0.2) is 47.3 Å². The van der Waals surface area contributed by atoms with Crippen LogP contribution in [0.25, 0.3) is 10.9 Å². The summed E-state index contributed by atoms with van der Waals surface area (Å²) in [6.07, 6.45) is 0. The van der Waals surface area contributed by atoms with E-state index in [-0.39, 0.29) is 11.1 Å². The van der Waals surface area contributed by atoms with Gasteiger partial charge in [-0.3, -0.25) is 19.9 Å². The Labute approximate surface area is 160 Å². The molecule has 2 N–H and O–H groups in total. The summed E-state index contributed by atoms with van der Waals surface area (Å²) < 4.78 is 5.37. The first-order valence-electron chi connectivity index (χ1n) is 8.94. The lowest BCUT2D eigenvalue weighted by Gasteiger charge is -2.28. The number of nitro benzene ring substituents is 1. The Bertz CT molecular complexity index is 1060. The number of morpholine rings is 1. The first-order chi connectivity index (χ1) is 13.6. The first-order valence-corrected chi connectivity index (χ1v) is 8.94. The van der Waals surface area contributed by atoms with Crippen molar-refractivity contribution in [3.63, 3.8) is 0 Å². The minimum atomic E-state index is -0.536. The first kappa shape index (κ1) is 17.9. The fraction of sp³-hybridized carbons (Fsp3) is 0.263. The highest BCUT2D eigenvalue weighted by atomic mass is 16.6. The van der Waals surface area contributed by atoms with Gasteiger partial charge < -0.3 is 15.0 Å². The standard InChI is InChI=1S/C19H19N5O4/c25-18-16-11-15(24(26)27)5-6-17(16)21-19(22-18)20-12-13-1-3-14(4-2-13)23-7-9-28-10-8-23/h1-6,11H,7-10,12H2,(H2,20,21,22,25). The Hall–Kier alpha value is -3.46. The highest BCUT2D eigenvalue weighted by Crippen LogP contribution is 2.19. The lowest BCUT2D eigenvalue weighted by molar-refractivity contribution is -0.384. The van der Waals surface area contributed by atoms with Gasteiger partial charge in [-0.05, 0) is 23.8 Å². The number of aromatic amines is 1. The predicted octanol–water partition coefficient (Wildman–Crippen LogP) is 2.28. The van der Waals surface area contributed by atoms with Crippen LogP contribution in [-0.4, -0.2) is 41.2 Å². The van der Waals surface area contributed by atoms with Crippen molar-refractivity contribution in [3.8, 4) is 0 Å². The molecule has 0 aliphatic carbocycles. The maximum atomic E-state index is 12.2. The van der Waals surface area contributed by atoms with Gasteiger partial charge in [0.05, 0.1) is 29.0 Å². The van der Waals surface area contributed by atoms with Gasteiger partial charge in [-0.25, -0.2) is 4.98 Å². The van der Waals surface area contributed by atoms with E-state index in [0.29, 0.717) is 18.0 Å². The van der Waals surface area contributed by atoms with Crippen LogP contribution in [0.1, 0.15) is 5.56 Å². The molecule has 3 aromatic rings. The van der Waals surface area contributed by atoms with Gasteiger partial charge in [-0.15, -0.1) is 0 Å². The SMILES string of the molecule is O=c1[nH]c(NCc2ccc(N3CCOCC3)cc2)nc2ccc([N+](=O)[O-])cc12. The molecule has 28 heavy (non-hydrogen) atoms. The molecule has 144 valence electrons. The summed E-state index contributed by atoms with van der Waals surface area (Å²) in [6, 6.07) is 12.2. The van der Waals surface area contributed by atoms with Crippen molar-refractivity contribution in [1.29, 1.82) is 0 Å². The zero-order valence-corrected chi connectivity index (χ0v) is 15.1. The van der Waals surface area contributed by atoms with Gasteiger partial charge in [0.1, 0.15) is 0 Å². The number of nitrogens with zero attached hydrogens (tertiary/aromatic N) is 3. The quantitative estimate of drug-likeness (QED) is 0.515. The van der Waals surface area contributed by atoms with Gasteiger partial charge in [0.2, 0.25) is 5.95 Å².